The summed E-state index contributed by atoms with van der Waals surface area (Å²) < 4.78 is 7.02. The Morgan fingerprint density at radius 3 is 2.57 bits per heavy atom. The highest BCUT2D eigenvalue weighted by Gasteiger charge is 2.11. The molecule has 0 amide bonds. The van der Waals surface area contributed by atoms with E-state index in [9.17, 15) is 4.79 Å². The molecule has 9 heteroatoms. The van der Waals surface area contributed by atoms with E-state index in [1.807, 2.05) is 60.8 Å². The summed E-state index contributed by atoms with van der Waals surface area (Å²) >= 11 is 0. The van der Waals surface area contributed by atoms with Crippen molar-refractivity contribution in [3.8, 4) is 22.7 Å². The van der Waals surface area contributed by atoms with Crippen molar-refractivity contribution in [3.63, 3.8) is 0 Å². The highest BCUT2D eigenvalue weighted by atomic mass is 16.5. The molecule has 0 spiro atoms. The van der Waals surface area contributed by atoms with E-state index in [0.717, 1.165) is 28.3 Å². The Balaban J connectivity index is 1.68. The van der Waals surface area contributed by atoms with Gasteiger partial charge in [-0.05, 0) is 43.3 Å². The van der Waals surface area contributed by atoms with Gasteiger partial charge in [0.2, 0.25) is 5.95 Å². The number of hydrazone groups is 1. The average Bonchev–Trinajstić information content (AvgIpc) is 3.21. The maximum atomic E-state index is 11.7. The number of rotatable bonds is 6. The van der Waals surface area contributed by atoms with Gasteiger partial charge in [0, 0.05) is 17.3 Å². The highest BCUT2D eigenvalue weighted by Crippen LogP contribution is 2.25. The first-order valence-electron chi connectivity index (χ1n) is 9.16. The molecule has 0 aliphatic rings. The van der Waals surface area contributed by atoms with E-state index in [1.54, 1.807) is 24.9 Å². The van der Waals surface area contributed by atoms with Gasteiger partial charge in [0.1, 0.15) is 17.1 Å². The predicted molar refractivity (Wildman–Crippen MR) is 114 cm³/mol. The fourth-order valence-electron chi connectivity index (χ4n) is 2.77. The standard InChI is InChI=1S/C21H19N7O2/c1-14-20(29)23-21(26-24-14)25-22-12-16-13-28(17-6-4-3-5-7-17)27-19(16)15-8-10-18(30-2)11-9-15/h3-13H,1-2H3,(H2,23,25,26,29)/b22-12+. The number of hydrogen-bond donors (Lipinski definition) is 2. The maximum absolute atomic E-state index is 11.7. The summed E-state index contributed by atoms with van der Waals surface area (Å²) in [7, 11) is 1.63. The molecule has 150 valence electrons. The van der Waals surface area contributed by atoms with Crippen molar-refractivity contribution in [1.82, 2.24) is 25.0 Å². The first-order chi connectivity index (χ1) is 14.6. The minimum Gasteiger partial charge on any atom is -0.497 e. The van der Waals surface area contributed by atoms with Crippen LogP contribution in [0.3, 0.4) is 0 Å². The summed E-state index contributed by atoms with van der Waals surface area (Å²) in [6.45, 7) is 1.58. The van der Waals surface area contributed by atoms with Crippen molar-refractivity contribution in [1.29, 1.82) is 0 Å². The van der Waals surface area contributed by atoms with Crippen LogP contribution in [0.4, 0.5) is 5.95 Å². The second kappa shape index (κ2) is 8.39. The number of methoxy groups -OCH3 is 1. The largest absolute Gasteiger partial charge is 0.497 e. The average molecular weight is 401 g/mol. The van der Waals surface area contributed by atoms with Crippen LogP contribution in [-0.4, -0.2) is 38.3 Å². The van der Waals surface area contributed by atoms with Crippen molar-refractivity contribution < 1.29 is 4.74 Å². The van der Waals surface area contributed by atoms with Gasteiger partial charge in [-0.2, -0.15) is 10.2 Å². The van der Waals surface area contributed by atoms with E-state index < -0.39 is 0 Å². The van der Waals surface area contributed by atoms with Crippen LogP contribution in [-0.2, 0) is 0 Å². The number of benzene rings is 2. The number of aromatic amines is 1. The lowest BCUT2D eigenvalue weighted by Crippen LogP contribution is -2.15. The van der Waals surface area contributed by atoms with Gasteiger partial charge >= 0.3 is 0 Å². The molecule has 2 aromatic carbocycles. The SMILES string of the molecule is COc1ccc(-c2nn(-c3ccccc3)cc2/C=N/Nc2nnc(C)c(=O)[nH]2)cc1. The number of ether oxygens (including phenoxy) is 1. The molecule has 30 heavy (non-hydrogen) atoms. The van der Waals surface area contributed by atoms with Gasteiger partial charge in [-0.15, -0.1) is 10.2 Å². The smallest absolute Gasteiger partial charge is 0.274 e. The van der Waals surface area contributed by atoms with E-state index in [-0.39, 0.29) is 17.2 Å². The maximum Gasteiger partial charge on any atom is 0.274 e. The van der Waals surface area contributed by atoms with Crippen LogP contribution in [0.25, 0.3) is 16.9 Å². The zero-order valence-corrected chi connectivity index (χ0v) is 16.4. The summed E-state index contributed by atoms with van der Waals surface area (Å²) in [4.78, 5) is 14.2. The Labute approximate surface area is 172 Å². The van der Waals surface area contributed by atoms with Crippen LogP contribution in [0.15, 0.2) is 70.7 Å². The van der Waals surface area contributed by atoms with E-state index >= 15 is 0 Å². The number of hydrogen-bond acceptors (Lipinski definition) is 7. The molecule has 0 atom stereocenters. The van der Waals surface area contributed by atoms with Gasteiger partial charge < -0.3 is 4.74 Å². The minimum atomic E-state index is -0.321. The summed E-state index contributed by atoms with van der Waals surface area (Å²) in [6.07, 6.45) is 3.50. The molecule has 0 saturated carbocycles. The Morgan fingerprint density at radius 2 is 1.87 bits per heavy atom. The summed E-state index contributed by atoms with van der Waals surface area (Å²) in [6, 6.07) is 17.4. The predicted octanol–water partition coefficient (Wildman–Crippen LogP) is 2.78. The number of aryl methyl sites for hydroxylation is 1. The number of nitrogens with one attached hydrogen (secondary N) is 2. The molecular formula is C21H19N7O2. The minimum absolute atomic E-state index is 0.156. The molecule has 4 rings (SSSR count). The topological polar surface area (TPSA) is 110 Å². The second-order valence-corrected chi connectivity index (χ2v) is 6.40. The first kappa shape index (κ1) is 19.1. The van der Waals surface area contributed by atoms with Gasteiger partial charge in [-0.25, -0.2) is 10.1 Å². The van der Waals surface area contributed by atoms with Gasteiger partial charge in [0.15, 0.2) is 0 Å². The molecule has 0 radical (unpaired) electrons. The number of para-hydroxylation sites is 1. The fraction of sp³-hybridized carbons (Fsp3) is 0.0952. The van der Waals surface area contributed by atoms with Crippen LogP contribution in [0.1, 0.15) is 11.3 Å². The van der Waals surface area contributed by atoms with Crippen LogP contribution < -0.4 is 15.7 Å². The summed E-state index contributed by atoms with van der Waals surface area (Å²) in [5.41, 5.74) is 6.02. The van der Waals surface area contributed by atoms with Gasteiger partial charge in [0.25, 0.3) is 5.56 Å². The lowest BCUT2D eigenvalue weighted by atomic mass is 10.1. The Bertz CT molecular complexity index is 1230. The molecule has 0 unspecified atom stereocenters. The molecule has 0 fully saturated rings. The van der Waals surface area contributed by atoms with Crippen molar-refractivity contribution in [2.24, 2.45) is 5.10 Å². The van der Waals surface area contributed by atoms with Crippen LogP contribution in [0.5, 0.6) is 5.75 Å². The second-order valence-electron chi connectivity index (χ2n) is 6.40. The monoisotopic (exact) mass is 401 g/mol. The normalized spacial score (nSPS) is 11.0. The Kier molecular flexibility index (Phi) is 5.33. The highest BCUT2D eigenvalue weighted by molar-refractivity contribution is 5.89. The quantitative estimate of drug-likeness (QED) is 0.380. The summed E-state index contributed by atoms with van der Waals surface area (Å²) in [5, 5.41) is 16.5. The van der Waals surface area contributed by atoms with Crippen molar-refractivity contribution in [3.05, 3.63) is 82.4 Å². The fourth-order valence-corrected chi connectivity index (χ4v) is 2.77. The van der Waals surface area contributed by atoms with Crippen molar-refractivity contribution in [2.75, 3.05) is 12.5 Å². The van der Waals surface area contributed by atoms with Gasteiger partial charge in [0.05, 0.1) is 19.0 Å². The summed E-state index contributed by atoms with van der Waals surface area (Å²) in [5.74, 6) is 0.920. The van der Waals surface area contributed by atoms with E-state index in [0.29, 0.717) is 0 Å². The third-order valence-corrected chi connectivity index (χ3v) is 4.36. The Hall–Kier alpha value is -4.27. The van der Waals surface area contributed by atoms with Crippen molar-refractivity contribution in [2.45, 2.75) is 6.92 Å². The molecule has 0 aliphatic carbocycles. The van der Waals surface area contributed by atoms with E-state index in [2.05, 4.69) is 25.7 Å². The molecular weight excluding hydrogens is 382 g/mol. The van der Waals surface area contributed by atoms with Crippen LogP contribution >= 0.6 is 0 Å². The lowest BCUT2D eigenvalue weighted by Gasteiger charge is -2.02. The van der Waals surface area contributed by atoms with Crippen molar-refractivity contribution >= 4 is 12.2 Å². The molecule has 2 aromatic heterocycles. The van der Waals surface area contributed by atoms with E-state index in [1.165, 1.54) is 0 Å². The zero-order chi connectivity index (χ0) is 20.9. The molecule has 0 bridgehead atoms. The number of aromatic nitrogens is 5. The zero-order valence-electron chi connectivity index (χ0n) is 16.4. The van der Waals surface area contributed by atoms with Gasteiger partial charge in [-0.3, -0.25) is 9.78 Å². The molecule has 0 saturated heterocycles. The lowest BCUT2D eigenvalue weighted by molar-refractivity contribution is 0.415. The van der Waals surface area contributed by atoms with Crippen LogP contribution in [0, 0.1) is 6.92 Å². The number of nitrogens with zero attached hydrogens (tertiary/aromatic N) is 5. The molecule has 9 nitrogen and oxygen atoms in total. The van der Waals surface area contributed by atoms with Crippen LogP contribution in [0.2, 0.25) is 0 Å². The Morgan fingerprint density at radius 1 is 1.10 bits per heavy atom. The third kappa shape index (κ3) is 4.09. The molecule has 0 aliphatic heterocycles. The number of anilines is 1. The van der Waals surface area contributed by atoms with E-state index in [4.69, 9.17) is 9.84 Å². The molecule has 2 N–H and O–H groups in total. The van der Waals surface area contributed by atoms with Gasteiger partial charge in [-0.1, -0.05) is 18.2 Å². The first-order valence-corrected chi connectivity index (χ1v) is 9.16. The molecule has 2 heterocycles. The third-order valence-electron chi connectivity index (χ3n) is 4.36. The number of H-pyrrole nitrogens is 1. The molecule has 4 aromatic rings.